The van der Waals surface area contributed by atoms with Crippen molar-refractivity contribution in [2.45, 2.75) is 27.3 Å². The topological polar surface area (TPSA) is 72.9 Å². The number of aromatic nitrogens is 2. The molecule has 0 fully saturated rings. The molecule has 0 spiro atoms. The highest BCUT2D eigenvalue weighted by Crippen LogP contribution is 2.08. The average Bonchev–Trinajstić information content (AvgIpc) is 2.63. The average molecular weight is 224 g/mol. The van der Waals surface area contributed by atoms with Crippen LogP contribution in [0.5, 0.6) is 0 Å². The maximum Gasteiger partial charge on any atom is 0.228 e. The number of nitrogens with two attached hydrogens (primary N) is 1. The SMILES string of the molecule is CC(C)Cn1cc(NC(=O)C(C)CN)cn1. The highest BCUT2D eigenvalue weighted by Gasteiger charge is 2.11. The van der Waals surface area contributed by atoms with Crippen LogP contribution in [0.2, 0.25) is 0 Å². The van der Waals surface area contributed by atoms with E-state index in [1.807, 2.05) is 10.9 Å². The van der Waals surface area contributed by atoms with E-state index in [4.69, 9.17) is 5.73 Å². The number of hydrogen-bond donors (Lipinski definition) is 2. The number of hydrogen-bond acceptors (Lipinski definition) is 3. The van der Waals surface area contributed by atoms with Gasteiger partial charge >= 0.3 is 0 Å². The fourth-order valence-corrected chi connectivity index (χ4v) is 1.27. The van der Waals surface area contributed by atoms with Gasteiger partial charge in [0.05, 0.1) is 11.9 Å². The summed E-state index contributed by atoms with van der Waals surface area (Å²) in [6.45, 7) is 7.25. The molecule has 3 N–H and O–H groups in total. The van der Waals surface area contributed by atoms with Crippen molar-refractivity contribution in [3.8, 4) is 0 Å². The molecule has 0 saturated carbocycles. The fourth-order valence-electron chi connectivity index (χ4n) is 1.27. The fraction of sp³-hybridized carbons (Fsp3) is 0.636. The van der Waals surface area contributed by atoms with E-state index < -0.39 is 0 Å². The van der Waals surface area contributed by atoms with Crippen molar-refractivity contribution in [2.75, 3.05) is 11.9 Å². The van der Waals surface area contributed by atoms with Gasteiger partial charge in [0.1, 0.15) is 0 Å². The van der Waals surface area contributed by atoms with E-state index in [0.29, 0.717) is 12.5 Å². The molecule has 5 nitrogen and oxygen atoms in total. The first-order valence-electron chi connectivity index (χ1n) is 5.56. The Labute approximate surface area is 96.0 Å². The van der Waals surface area contributed by atoms with E-state index in [1.54, 1.807) is 13.1 Å². The molecule has 1 unspecified atom stereocenters. The van der Waals surface area contributed by atoms with Gasteiger partial charge in [0.2, 0.25) is 5.91 Å². The normalized spacial score (nSPS) is 12.8. The van der Waals surface area contributed by atoms with Crippen LogP contribution in [0.15, 0.2) is 12.4 Å². The Hall–Kier alpha value is -1.36. The lowest BCUT2D eigenvalue weighted by Gasteiger charge is -2.07. The van der Waals surface area contributed by atoms with E-state index in [-0.39, 0.29) is 11.8 Å². The molecule has 0 aliphatic heterocycles. The summed E-state index contributed by atoms with van der Waals surface area (Å²) in [7, 11) is 0. The molecule has 0 bridgehead atoms. The molecule has 0 aliphatic carbocycles. The summed E-state index contributed by atoms with van der Waals surface area (Å²) >= 11 is 0. The van der Waals surface area contributed by atoms with E-state index in [1.165, 1.54) is 0 Å². The zero-order valence-electron chi connectivity index (χ0n) is 10.1. The molecule has 1 aromatic heterocycles. The Kier molecular flexibility index (Phi) is 4.49. The minimum absolute atomic E-state index is 0.0633. The maximum absolute atomic E-state index is 11.5. The second kappa shape index (κ2) is 5.65. The van der Waals surface area contributed by atoms with Gasteiger partial charge in [0.25, 0.3) is 0 Å². The molecule has 1 amide bonds. The molecule has 16 heavy (non-hydrogen) atoms. The van der Waals surface area contributed by atoms with Crippen molar-refractivity contribution >= 4 is 11.6 Å². The third kappa shape index (κ3) is 3.66. The Morgan fingerprint density at radius 2 is 2.25 bits per heavy atom. The molecule has 90 valence electrons. The third-order valence-electron chi connectivity index (χ3n) is 2.25. The monoisotopic (exact) mass is 224 g/mol. The first-order chi connectivity index (χ1) is 7.52. The van der Waals surface area contributed by atoms with Crippen molar-refractivity contribution in [1.29, 1.82) is 0 Å². The summed E-state index contributed by atoms with van der Waals surface area (Å²) in [6.07, 6.45) is 3.49. The molecule has 1 rings (SSSR count). The van der Waals surface area contributed by atoms with Crippen LogP contribution in [0.25, 0.3) is 0 Å². The van der Waals surface area contributed by atoms with E-state index in [2.05, 4.69) is 24.3 Å². The van der Waals surface area contributed by atoms with E-state index in [0.717, 1.165) is 12.2 Å². The molecular weight excluding hydrogens is 204 g/mol. The third-order valence-corrected chi connectivity index (χ3v) is 2.25. The predicted octanol–water partition coefficient (Wildman–Crippen LogP) is 1.07. The molecule has 0 aromatic carbocycles. The number of anilines is 1. The number of carbonyl (C=O) groups is 1. The first-order valence-corrected chi connectivity index (χ1v) is 5.56. The van der Waals surface area contributed by atoms with Gasteiger partial charge in [0, 0.05) is 25.2 Å². The van der Waals surface area contributed by atoms with E-state index in [9.17, 15) is 4.79 Å². The van der Waals surface area contributed by atoms with Crippen molar-refractivity contribution in [3.05, 3.63) is 12.4 Å². The van der Waals surface area contributed by atoms with Crippen LogP contribution in [0, 0.1) is 11.8 Å². The number of carbonyl (C=O) groups excluding carboxylic acids is 1. The predicted molar refractivity (Wildman–Crippen MR) is 63.9 cm³/mol. The Morgan fingerprint density at radius 3 is 2.81 bits per heavy atom. The number of amides is 1. The summed E-state index contributed by atoms with van der Waals surface area (Å²) in [4.78, 5) is 11.5. The Balaban J connectivity index is 2.55. The van der Waals surface area contributed by atoms with E-state index >= 15 is 0 Å². The highest BCUT2D eigenvalue weighted by molar-refractivity contribution is 5.92. The second-order valence-electron chi connectivity index (χ2n) is 4.47. The molecular formula is C11H20N4O. The summed E-state index contributed by atoms with van der Waals surface area (Å²) in [5.41, 5.74) is 6.14. The van der Waals surface area contributed by atoms with Crippen LogP contribution in [0.3, 0.4) is 0 Å². The maximum atomic E-state index is 11.5. The minimum Gasteiger partial charge on any atom is -0.330 e. The zero-order chi connectivity index (χ0) is 12.1. The molecule has 1 heterocycles. The van der Waals surface area contributed by atoms with Crippen LogP contribution in [0.1, 0.15) is 20.8 Å². The zero-order valence-corrected chi connectivity index (χ0v) is 10.1. The standard InChI is InChI=1S/C11H20N4O/c1-8(2)6-15-7-10(5-13-15)14-11(16)9(3)4-12/h5,7-9H,4,6,12H2,1-3H3,(H,14,16). The first kappa shape index (κ1) is 12.7. The highest BCUT2D eigenvalue weighted by atomic mass is 16.1. The summed E-state index contributed by atoms with van der Waals surface area (Å²) < 4.78 is 1.83. The minimum atomic E-state index is -0.173. The van der Waals surface area contributed by atoms with Gasteiger partial charge in [0.15, 0.2) is 0 Å². The van der Waals surface area contributed by atoms with Crippen LogP contribution >= 0.6 is 0 Å². The van der Waals surface area contributed by atoms with Crippen molar-refractivity contribution in [3.63, 3.8) is 0 Å². The molecule has 1 aromatic rings. The summed E-state index contributed by atoms with van der Waals surface area (Å²) in [5.74, 6) is 0.298. The van der Waals surface area contributed by atoms with Gasteiger partial charge < -0.3 is 11.1 Å². The molecule has 0 radical (unpaired) electrons. The van der Waals surface area contributed by atoms with Crippen LogP contribution in [-0.2, 0) is 11.3 Å². The van der Waals surface area contributed by atoms with Gasteiger partial charge in [-0.1, -0.05) is 20.8 Å². The van der Waals surface area contributed by atoms with Gasteiger partial charge in [-0.05, 0) is 5.92 Å². The Morgan fingerprint density at radius 1 is 1.56 bits per heavy atom. The van der Waals surface area contributed by atoms with Gasteiger partial charge in [-0.25, -0.2) is 0 Å². The Bertz CT molecular complexity index is 346. The summed E-state index contributed by atoms with van der Waals surface area (Å²) in [5, 5.41) is 6.95. The number of nitrogens with zero attached hydrogens (tertiary/aromatic N) is 2. The van der Waals surface area contributed by atoms with Gasteiger partial charge in [-0.3, -0.25) is 9.48 Å². The van der Waals surface area contributed by atoms with Crippen LogP contribution in [-0.4, -0.2) is 22.2 Å². The van der Waals surface area contributed by atoms with Gasteiger partial charge in [-0.15, -0.1) is 0 Å². The lowest BCUT2D eigenvalue weighted by atomic mass is 10.2. The molecule has 5 heteroatoms. The number of rotatable bonds is 5. The van der Waals surface area contributed by atoms with Gasteiger partial charge in [-0.2, -0.15) is 5.10 Å². The van der Waals surface area contributed by atoms with Crippen molar-refractivity contribution in [1.82, 2.24) is 9.78 Å². The quantitative estimate of drug-likeness (QED) is 0.785. The lowest BCUT2D eigenvalue weighted by Crippen LogP contribution is -2.26. The smallest absolute Gasteiger partial charge is 0.228 e. The summed E-state index contributed by atoms with van der Waals surface area (Å²) in [6, 6.07) is 0. The molecule has 0 aliphatic rings. The second-order valence-corrected chi connectivity index (χ2v) is 4.47. The van der Waals surface area contributed by atoms with Crippen LogP contribution < -0.4 is 11.1 Å². The molecule has 0 saturated heterocycles. The van der Waals surface area contributed by atoms with Crippen LogP contribution in [0.4, 0.5) is 5.69 Å². The van der Waals surface area contributed by atoms with Crippen molar-refractivity contribution in [2.24, 2.45) is 17.6 Å². The molecule has 1 atom stereocenters. The van der Waals surface area contributed by atoms with Crippen molar-refractivity contribution < 1.29 is 4.79 Å². The lowest BCUT2D eigenvalue weighted by molar-refractivity contribution is -0.119. The number of nitrogens with one attached hydrogen (secondary N) is 1. The largest absolute Gasteiger partial charge is 0.330 e.